The van der Waals surface area contributed by atoms with E-state index < -0.39 is 17.5 Å². The van der Waals surface area contributed by atoms with Crippen LogP contribution in [0.1, 0.15) is 23.6 Å². The number of phenolic OH excluding ortho intramolecular Hbond substituents is 1. The second kappa shape index (κ2) is 4.74. The Morgan fingerprint density at radius 3 is 2.45 bits per heavy atom. The Kier molecular flexibility index (Phi) is 3.04. The molecule has 0 spiro atoms. The van der Waals surface area contributed by atoms with Crippen molar-refractivity contribution in [1.29, 1.82) is 0 Å². The van der Waals surface area contributed by atoms with E-state index in [1.54, 1.807) is 18.2 Å². The lowest BCUT2D eigenvalue weighted by Crippen LogP contribution is -2.08. The van der Waals surface area contributed by atoms with E-state index in [2.05, 4.69) is 5.32 Å². The second-order valence-electron chi connectivity index (χ2n) is 4.87. The molecule has 0 heterocycles. The van der Waals surface area contributed by atoms with Gasteiger partial charge in [0.15, 0.2) is 17.5 Å². The second-order valence-corrected chi connectivity index (χ2v) is 4.87. The van der Waals surface area contributed by atoms with E-state index in [1.807, 2.05) is 0 Å². The van der Waals surface area contributed by atoms with Gasteiger partial charge in [-0.1, -0.05) is 6.07 Å². The predicted octanol–water partition coefficient (Wildman–Crippen LogP) is 3.91. The van der Waals surface area contributed by atoms with Gasteiger partial charge in [0, 0.05) is 17.8 Å². The molecule has 5 heteroatoms. The van der Waals surface area contributed by atoms with E-state index in [0.29, 0.717) is 0 Å². The van der Waals surface area contributed by atoms with Crippen molar-refractivity contribution in [2.24, 2.45) is 0 Å². The van der Waals surface area contributed by atoms with Gasteiger partial charge in [0.05, 0.1) is 6.04 Å². The standard InChI is InChI=1S/C15H12F3NO/c16-12-6-9(7-13(17)15(12)18)19-14-4-1-8-5-10(20)2-3-11(8)14/h2-3,5-7,14,19-20H,1,4H2. The highest BCUT2D eigenvalue weighted by molar-refractivity contribution is 5.50. The zero-order valence-corrected chi connectivity index (χ0v) is 10.5. The Hall–Kier alpha value is -2.17. The maximum atomic E-state index is 13.2. The van der Waals surface area contributed by atoms with Crippen molar-refractivity contribution >= 4 is 5.69 Å². The van der Waals surface area contributed by atoms with Crippen LogP contribution in [-0.4, -0.2) is 5.11 Å². The van der Waals surface area contributed by atoms with Crippen molar-refractivity contribution in [2.75, 3.05) is 5.32 Å². The third-order valence-electron chi connectivity index (χ3n) is 3.53. The van der Waals surface area contributed by atoms with Crippen molar-refractivity contribution in [3.63, 3.8) is 0 Å². The van der Waals surface area contributed by atoms with Crippen molar-refractivity contribution in [3.05, 3.63) is 58.9 Å². The number of halogens is 3. The molecule has 0 bridgehead atoms. The molecule has 0 saturated carbocycles. The van der Waals surface area contributed by atoms with Crippen LogP contribution in [0.5, 0.6) is 5.75 Å². The van der Waals surface area contributed by atoms with Gasteiger partial charge in [-0.3, -0.25) is 0 Å². The minimum absolute atomic E-state index is 0.102. The molecule has 3 rings (SSSR count). The average Bonchev–Trinajstić information content (AvgIpc) is 2.78. The van der Waals surface area contributed by atoms with Gasteiger partial charge in [-0.05, 0) is 36.1 Å². The zero-order valence-electron chi connectivity index (χ0n) is 10.5. The number of phenols is 1. The van der Waals surface area contributed by atoms with E-state index in [0.717, 1.165) is 36.1 Å². The summed E-state index contributed by atoms with van der Waals surface area (Å²) in [5.41, 5.74) is 2.19. The predicted molar refractivity (Wildman–Crippen MR) is 69.1 cm³/mol. The van der Waals surface area contributed by atoms with Crippen molar-refractivity contribution in [3.8, 4) is 5.75 Å². The number of anilines is 1. The largest absolute Gasteiger partial charge is 0.508 e. The van der Waals surface area contributed by atoms with Crippen LogP contribution in [-0.2, 0) is 6.42 Å². The van der Waals surface area contributed by atoms with Crippen molar-refractivity contribution in [1.82, 2.24) is 0 Å². The molecule has 20 heavy (non-hydrogen) atoms. The highest BCUT2D eigenvalue weighted by Gasteiger charge is 2.23. The Morgan fingerprint density at radius 2 is 1.75 bits per heavy atom. The third kappa shape index (κ3) is 2.19. The number of hydrogen-bond donors (Lipinski definition) is 2. The number of aryl methyl sites for hydroxylation is 1. The van der Waals surface area contributed by atoms with Crippen LogP contribution in [0.4, 0.5) is 18.9 Å². The molecule has 1 aliphatic rings. The Bertz CT molecular complexity index is 649. The molecule has 1 atom stereocenters. The SMILES string of the molecule is Oc1ccc2c(c1)CCC2Nc1cc(F)c(F)c(F)c1. The maximum absolute atomic E-state index is 13.2. The molecule has 2 aromatic rings. The summed E-state index contributed by atoms with van der Waals surface area (Å²) in [6.07, 6.45) is 1.52. The molecule has 0 aliphatic heterocycles. The summed E-state index contributed by atoms with van der Waals surface area (Å²) < 4.78 is 39.3. The van der Waals surface area contributed by atoms with Crippen LogP contribution in [0, 0.1) is 17.5 Å². The highest BCUT2D eigenvalue weighted by Crippen LogP contribution is 2.35. The molecule has 0 saturated heterocycles. The normalized spacial score (nSPS) is 17.1. The van der Waals surface area contributed by atoms with E-state index >= 15 is 0 Å². The molecule has 0 aromatic heterocycles. The zero-order chi connectivity index (χ0) is 14.3. The van der Waals surface area contributed by atoms with Gasteiger partial charge < -0.3 is 10.4 Å². The Balaban J connectivity index is 1.87. The first-order valence-electron chi connectivity index (χ1n) is 6.27. The number of hydrogen-bond acceptors (Lipinski definition) is 2. The molecular weight excluding hydrogens is 267 g/mol. The summed E-state index contributed by atoms with van der Waals surface area (Å²) in [6.45, 7) is 0. The summed E-state index contributed by atoms with van der Waals surface area (Å²) in [5, 5.41) is 12.4. The summed E-state index contributed by atoms with van der Waals surface area (Å²) in [7, 11) is 0. The van der Waals surface area contributed by atoms with Gasteiger partial charge in [0.25, 0.3) is 0 Å². The van der Waals surface area contributed by atoms with Crippen molar-refractivity contribution in [2.45, 2.75) is 18.9 Å². The third-order valence-corrected chi connectivity index (χ3v) is 3.53. The first kappa shape index (κ1) is 12.8. The van der Waals surface area contributed by atoms with Gasteiger partial charge in [0.1, 0.15) is 5.75 Å². The van der Waals surface area contributed by atoms with Gasteiger partial charge in [0.2, 0.25) is 0 Å². The van der Waals surface area contributed by atoms with Gasteiger partial charge in [-0.2, -0.15) is 0 Å². The van der Waals surface area contributed by atoms with E-state index in [-0.39, 0.29) is 17.5 Å². The Labute approximate surface area is 113 Å². The van der Waals surface area contributed by atoms with Crippen LogP contribution in [0.15, 0.2) is 30.3 Å². The smallest absolute Gasteiger partial charge is 0.194 e. The van der Waals surface area contributed by atoms with Crippen LogP contribution < -0.4 is 5.32 Å². The highest BCUT2D eigenvalue weighted by atomic mass is 19.2. The van der Waals surface area contributed by atoms with Gasteiger partial charge in [-0.15, -0.1) is 0 Å². The number of rotatable bonds is 2. The van der Waals surface area contributed by atoms with Crippen LogP contribution in [0.3, 0.4) is 0 Å². The van der Waals surface area contributed by atoms with Crippen LogP contribution in [0.25, 0.3) is 0 Å². The number of benzene rings is 2. The fraction of sp³-hybridized carbons (Fsp3) is 0.200. The van der Waals surface area contributed by atoms with Crippen molar-refractivity contribution < 1.29 is 18.3 Å². The molecule has 2 nitrogen and oxygen atoms in total. The number of aromatic hydroxyl groups is 1. The fourth-order valence-electron chi connectivity index (χ4n) is 2.59. The molecule has 0 radical (unpaired) electrons. The number of nitrogens with one attached hydrogen (secondary N) is 1. The molecule has 1 aliphatic carbocycles. The lowest BCUT2D eigenvalue weighted by Gasteiger charge is -2.16. The topological polar surface area (TPSA) is 32.3 Å². The minimum atomic E-state index is -1.47. The van der Waals surface area contributed by atoms with Gasteiger partial charge in [-0.25, -0.2) is 13.2 Å². The molecule has 1 unspecified atom stereocenters. The van der Waals surface area contributed by atoms with E-state index in [9.17, 15) is 18.3 Å². The first-order chi connectivity index (χ1) is 9.54. The number of fused-ring (bicyclic) bond motifs is 1. The van der Waals surface area contributed by atoms with E-state index in [1.165, 1.54) is 0 Å². The molecule has 0 amide bonds. The molecule has 2 N–H and O–H groups in total. The minimum Gasteiger partial charge on any atom is -0.508 e. The molecule has 104 valence electrons. The molecule has 2 aromatic carbocycles. The lowest BCUT2D eigenvalue weighted by molar-refractivity contribution is 0.447. The summed E-state index contributed by atoms with van der Waals surface area (Å²) in [4.78, 5) is 0. The first-order valence-corrected chi connectivity index (χ1v) is 6.27. The summed E-state index contributed by atoms with van der Waals surface area (Å²) in [5.74, 6) is -3.69. The monoisotopic (exact) mass is 279 g/mol. The van der Waals surface area contributed by atoms with Gasteiger partial charge >= 0.3 is 0 Å². The molecular formula is C15H12F3NO. The fourth-order valence-corrected chi connectivity index (χ4v) is 2.59. The quantitative estimate of drug-likeness (QED) is 0.817. The lowest BCUT2D eigenvalue weighted by atomic mass is 10.1. The summed E-state index contributed by atoms with van der Waals surface area (Å²) in [6, 6.07) is 6.82. The summed E-state index contributed by atoms with van der Waals surface area (Å²) >= 11 is 0. The average molecular weight is 279 g/mol. The van der Waals surface area contributed by atoms with Crippen LogP contribution in [0.2, 0.25) is 0 Å². The van der Waals surface area contributed by atoms with Crippen LogP contribution >= 0.6 is 0 Å². The molecule has 0 fully saturated rings. The Morgan fingerprint density at radius 1 is 1.05 bits per heavy atom. The maximum Gasteiger partial charge on any atom is 0.194 e. The van der Waals surface area contributed by atoms with E-state index in [4.69, 9.17) is 0 Å².